The highest BCUT2D eigenvalue weighted by Crippen LogP contribution is 2.24. The number of aromatic nitrogens is 1. The summed E-state index contributed by atoms with van der Waals surface area (Å²) in [6.07, 6.45) is 3.25. The standard InChI is InChI=1S/C18H23N3O2S/c1-2-23-16-8-4-3-7-15(16)17(22)19-10-9-14-13-24-18(20-14)21-11-5-6-12-21/h3-4,7-8,13H,2,5-6,9-12H2,1H3,(H,19,22). The molecule has 1 amide bonds. The molecule has 0 spiro atoms. The summed E-state index contributed by atoms with van der Waals surface area (Å²) in [5.41, 5.74) is 1.62. The molecule has 1 aliphatic rings. The number of ether oxygens (including phenoxy) is 1. The van der Waals surface area contributed by atoms with Gasteiger partial charge in [-0.15, -0.1) is 11.3 Å². The van der Waals surface area contributed by atoms with E-state index in [-0.39, 0.29) is 5.91 Å². The van der Waals surface area contributed by atoms with Crippen molar-refractivity contribution in [2.45, 2.75) is 26.2 Å². The Bertz CT molecular complexity index is 680. The van der Waals surface area contributed by atoms with E-state index in [0.29, 0.717) is 24.5 Å². The zero-order chi connectivity index (χ0) is 16.8. The Hall–Kier alpha value is -2.08. The molecule has 0 atom stereocenters. The Morgan fingerprint density at radius 2 is 2.12 bits per heavy atom. The molecule has 1 saturated heterocycles. The van der Waals surface area contributed by atoms with Gasteiger partial charge in [-0.05, 0) is 31.9 Å². The predicted molar refractivity (Wildman–Crippen MR) is 97.2 cm³/mol. The largest absolute Gasteiger partial charge is 0.493 e. The van der Waals surface area contributed by atoms with Crippen LogP contribution >= 0.6 is 11.3 Å². The third-order valence-electron chi connectivity index (χ3n) is 4.01. The SMILES string of the molecule is CCOc1ccccc1C(=O)NCCc1csc(N2CCCC2)n1. The highest BCUT2D eigenvalue weighted by Gasteiger charge is 2.16. The number of thiazole rings is 1. The Morgan fingerprint density at radius 3 is 2.92 bits per heavy atom. The van der Waals surface area contributed by atoms with Crippen LogP contribution in [-0.4, -0.2) is 37.1 Å². The molecule has 0 bridgehead atoms. The van der Waals surface area contributed by atoms with E-state index < -0.39 is 0 Å². The number of hydrogen-bond acceptors (Lipinski definition) is 5. The van der Waals surface area contributed by atoms with Crippen LogP contribution in [0, 0.1) is 0 Å². The summed E-state index contributed by atoms with van der Waals surface area (Å²) in [5, 5.41) is 6.16. The molecule has 24 heavy (non-hydrogen) atoms. The summed E-state index contributed by atoms with van der Waals surface area (Å²) < 4.78 is 5.51. The number of amides is 1. The first-order valence-electron chi connectivity index (χ1n) is 8.47. The van der Waals surface area contributed by atoms with Gasteiger partial charge in [0, 0.05) is 31.4 Å². The summed E-state index contributed by atoms with van der Waals surface area (Å²) >= 11 is 1.69. The Labute approximate surface area is 146 Å². The molecule has 1 fully saturated rings. The van der Waals surface area contributed by atoms with Gasteiger partial charge >= 0.3 is 0 Å². The number of anilines is 1. The number of nitrogens with one attached hydrogen (secondary N) is 1. The molecule has 0 aliphatic carbocycles. The first-order chi connectivity index (χ1) is 11.8. The van der Waals surface area contributed by atoms with Crippen molar-refractivity contribution in [3.05, 3.63) is 40.9 Å². The van der Waals surface area contributed by atoms with Crippen molar-refractivity contribution in [2.75, 3.05) is 31.1 Å². The lowest BCUT2D eigenvalue weighted by Crippen LogP contribution is -2.26. The topological polar surface area (TPSA) is 54.5 Å². The van der Waals surface area contributed by atoms with Crippen molar-refractivity contribution in [1.82, 2.24) is 10.3 Å². The van der Waals surface area contributed by atoms with Crippen LogP contribution in [0.25, 0.3) is 0 Å². The van der Waals surface area contributed by atoms with Crippen LogP contribution in [0.4, 0.5) is 5.13 Å². The number of carbonyl (C=O) groups excluding carboxylic acids is 1. The average molecular weight is 345 g/mol. The monoisotopic (exact) mass is 345 g/mol. The van der Waals surface area contributed by atoms with Gasteiger partial charge in [0.1, 0.15) is 5.75 Å². The van der Waals surface area contributed by atoms with Crippen LogP contribution in [0.3, 0.4) is 0 Å². The number of hydrogen-bond donors (Lipinski definition) is 1. The molecule has 6 heteroatoms. The summed E-state index contributed by atoms with van der Waals surface area (Å²) in [6.45, 7) is 5.25. The van der Waals surface area contributed by atoms with Crippen molar-refractivity contribution in [3.8, 4) is 5.75 Å². The minimum Gasteiger partial charge on any atom is -0.493 e. The van der Waals surface area contributed by atoms with Gasteiger partial charge in [0.2, 0.25) is 0 Å². The zero-order valence-corrected chi connectivity index (χ0v) is 14.8. The molecule has 1 N–H and O–H groups in total. The van der Waals surface area contributed by atoms with Crippen LogP contribution < -0.4 is 15.0 Å². The molecule has 128 valence electrons. The van der Waals surface area contributed by atoms with E-state index in [0.717, 1.165) is 30.3 Å². The van der Waals surface area contributed by atoms with Gasteiger partial charge < -0.3 is 15.0 Å². The lowest BCUT2D eigenvalue weighted by molar-refractivity contribution is 0.0950. The first-order valence-corrected chi connectivity index (χ1v) is 9.35. The minimum atomic E-state index is -0.103. The first kappa shape index (κ1) is 16.8. The van der Waals surface area contributed by atoms with Gasteiger partial charge in [0.25, 0.3) is 5.91 Å². The number of carbonyl (C=O) groups is 1. The lowest BCUT2D eigenvalue weighted by Gasteiger charge is -2.12. The summed E-state index contributed by atoms with van der Waals surface area (Å²) in [5.74, 6) is 0.525. The third-order valence-corrected chi connectivity index (χ3v) is 4.96. The molecule has 3 rings (SSSR count). The number of rotatable bonds is 7. The molecular formula is C18H23N3O2S. The van der Waals surface area contributed by atoms with E-state index in [2.05, 4.69) is 20.6 Å². The lowest BCUT2D eigenvalue weighted by atomic mass is 10.2. The normalized spacial score (nSPS) is 14.0. The van der Waals surface area contributed by atoms with Crippen molar-refractivity contribution in [3.63, 3.8) is 0 Å². The van der Waals surface area contributed by atoms with Crippen molar-refractivity contribution in [2.24, 2.45) is 0 Å². The van der Waals surface area contributed by atoms with E-state index in [4.69, 9.17) is 4.74 Å². The fourth-order valence-corrected chi connectivity index (χ4v) is 3.71. The molecule has 1 aliphatic heterocycles. The van der Waals surface area contributed by atoms with Gasteiger partial charge in [-0.2, -0.15) is 0 Å². The van der Waals surface area contributed by atoms with E-state index in [1.165, 1.54) is 12.8 Å². The third kappa shape index (κ3) is 4.06. The summed E-state index contributed by atoms with van der Waals surface area (Å²) in [4.78, 5) is 19.3. The minimum absolute atomic E-state index is 0.103. The quantitative estimate of drug-likeness (QED) is 0.838. The molecule has 2 heterocycles. The molecule has 0 saturated carbocycles. The van der Waals surface area contributed by atoms with Crippen LogP contribution in [-0.2, 0) is 6.42 Å². The maximum Gasteiger partial charge on any atom is 0.255 e. The smallest absolute Gasteiger partial charge is 0.255 e. The molecule has 0 unspecified atom stereocenters. The molecule has 0 radical (unpaired) electrons. The Kier molecular flexibility index (Phi) is 5.69. The molecule has 5 nitrogen and oxygen atoms in total. The second kappa shape index (κ2) is 8.15. The maximum absolute atomic E-state index is 12.3. The summed E-state index contributed by atoms with van der Waals surface area (Å²) in [6, 6.07) is 7.33. The average Bonchev–Trinajstić information content (AvgIpc) is 3.27. The number of benzene rings is 1. The highest BCUT2D eigenvalue weighted by atomic mass is 32.1. The van der Waals surface area contributed by atoms with Crippen LogP contribution in [0.1, 0.15) is 35.8 Å². The fourth-order valence-electron chi connectivity index (χ4n) is 2.80. The van der Waals surface area contributed by atoms with E-state index in [1.54, 1.807) is 17.4 Å². The van der Waals surface area contributed by atoms with Gasteiger partial charge in [-0.25, -0.2) is 4.98 Å². The second-order valence-corrected chi connectivity index (χ2v) is 6.59. The van der Waals surface area contributed by atoms with E-state index in [1.807, 2.05) is 25.1 Å². The zero-order valence-electron chi connectivity index (χ0n) is 14.0. The van der Waals surface area contributed by atoms with Crippen LogP contribution in [0.15, 0.2) is 29.6 Å². The molecule has 2 aromatic rings. The van der Waals surface area contributed by atoms with Gasteiger partial charge in [0.05, 0.1) is 17.9 Å². The fraction of sp³-hybridized carbons (Fsp3) is 0.444. The van der Waals surface area contributed by atoms with Crippen molar-refractivity contribution < 1.29 is 9.53 Å². The van der Waals surface area contributed by atoms with E-state index in [9.17, 15) is 4.79 Å². The van der Waals surface area contributed by atoms with Gasteiger partial charge in [-0.3, -0.25) is 4.79 Å². The Balaban J connectivity index is 1.52. The van der Waals surface area contributed by atoms with Crippen LogP contribution in [0.5, 0.6) is 5.75 Å². The van der Waals surface area contributed by atoms with Crippen molar-refractivity contribution >= 4 is 22.4 Å². The summed E-state index contributed by atoms with van der Waals surface area (Å²) in [7, 11) is 0. The molecule has 1 aromatic carbocycles. The molecule has 1 aromatic heterocycles. The predicted octanol–water partition coefficient (Wildman–Crippen LogP) is 3.11. The van der Waals surface area contributed by atoms with Gasteiger partial charge in [-0.1, -0.05) is 12.1 Å². The van der Waals surface area contributed by atoms with Crippen molar-refractivity contribution in [1.29, 1.82) is 0 Å². The highest BCUT2D eigenvalue weighted by molar-refractivity contribution is 7.13. The second-order valence-electron chi connectivity index (χ2n) is 5.75. The van der Waals surface area contributed by atoms with E-state index >= 15 is 0 Å². The number of para-hydroxylation sites is 1. The molecular weight excluding hydrogens is 322 g/mol. The maximum atomic E-state index is 12.3. The Morgan fingerprint density at radius 1 is 1.33 bits per heavy atom. The van der Waals surface area contributed by atoms with Gasteiger partial charge in [0.15, 0.2) is 5.13 Å². The number of nitrogens with zero attached hydrogens (tertiary/aromatic N) is 2. The van der Waals surface area contributed by atoms with Crippen LogP contribution in [0.2, 0.25) is 0 Å².